The number of aliphatic carboxylic acids is 1. The molecule has 0 aromatic heterocycles. The van der Waals surface area contributed by atoms with Gasteiger partial charge >= 0.3 is 17.9 Å². The van der Waals surface area contributed by atoms with Gasteiger partial charge in [0.05, 0.1) is 34.4 Å². The molecule has 46 heavy (non-hydrogen) atoms. The van der Waals surface area contributed by atoms with Crippen LogP contribution in [-0.4, -0.2) is 80.6 Å². The fraction of sp³-hybridized carbons (Fsp3) is 0.711. The van der Waals surface area contributed by atoms with Gasteiger partial charge in [-0.1, -0.05) is 120 Å². The lowest BCUT2D eigenvalue weighted by molar-refractivity contribution is -0.887. The average molecular weight is 649 g/mol. The number of quaternary nitrogens is 1. The number of carboxylic acid groups (broad SMARTS) is 1. The van der Waals surface area contributed by atoms with Gasteiger partial charge in [-0.05, 0) is 32.1 Å². The molecule has 0 spiro atoms. The van der Waals surface area contributed by atoms with E-state index in [-0.39, 0.29) is 42.7 Å². The molecule has 0 amide bonds. The Balaban J connectivity index is 4.56. The molecule has 0 heterocycles. The van der Waals surface area contributed by atoms with Crippen LogP contribution in [0.3, 0.4) is 0 Å². The van der Waals surface area contributed by atoms with E-state index in [0.29, 0.717) is 19.3 Å². The summed E-state index contributed by atoms with van der Waals surface area (Å²) >= 11 is 0. The van der Waals surface area contributed by atoms with E-state index in [4.69, 9.17) is 14.2 Å². The smallest absolute Gasteiger partial charge is 0.362 e. The zero-order valence-electron chi connectivity index (χ0n) is 29.8. The zero-order chi connectivity index (χ0) is 34.3. The molecule has 1 N–H and O–H groups in total. The number of carboxylic acids is 1. The van der Waals surface area contributed by atoms with Gasteiger partial charge in [-0.2, -0.15) is 0 Å². The predicted octanol–water partition coefficient (Wildman–Crippen LogP) is 8.51. The first-order valence-corrected chi connectivity index (χ1v) is 17.7. The first kappa shape index (κ1) is 43.3. The Kier molecular flexibility index (Phi) is 27.9. The molecule has 0 bridgehead atoms. The maximum atomic E-state index is 12.6. The summed E-state index contributed by atoms with van der Waals surface area (Å²) in [6.45, 7) is 4.50. The monoisotopic (exact) mass is 648 g/mol. The lowest BCUT2D eigenvalue weighted by Crippen LogP contribution is -2.50. The van der Waals surface area contributed by atoms with Crippen LogP contribution in [0.4, 0.5) is 0 Å². The van der Waals surface area contributed by atoms with Crippen molar-refractivity contribution in [2.45, 2.75) is 135 Å². The highest BCUT2D eigenvalue weighted by atomic mass is 16.6. The molecule has 0 aliphatic rings. The summed E-state index contributed by atoms with van der Waals surface area (Å²) in [6, 6.07) is -0.620. The van der Waals surface area contributed by atoms with E-state index in [1.165, 1.54) is 38.5 Å². The van der Waals surface area contributed by atoms with Gasteiger partial charge < -0.3 is 23.8 Å². The van der Waals surface area contributed by atoms with Crippen LogP contribution in [0, 0.1) is 0 Å². The Morgan fingerprint density at radius 2 is 1.22 bits per heavy atom. The molecule has 0 radical (unpaired) electrons. The number of allylic oxidation sites excluding steroid dienone is 8. The topological polar surface area (TPSA) is 99.1 Å². The second kappa shape index (κ2) is 29.7. The molecule has 0 aliphatic carbocycles. The Morgan fingerprint density at radius 1 is 0.674 bits per heavy atom. The van der Waals surface area contributed by atoms with Gasteiger partial charge in [-0.15, -0.1) is 0 Å². The molecule has 0 saturated carbocycles. The number of carbonyl (C=O) groups excluding carboxylic acids is 2. The highest BCUT2D eigenvalue weighted by Crippen LogP contribution is 2.12. The van der Waals surface area contributed by atoms with E-state index in [1.54, 1.807) is 0 Å². The molecule has 0 fully saturated rings. The van der Waals surface area contributed by atoms with Gasteiger partial charge in [-0.3, -0.25) is 9.59 Å². The minimum absolute atomic E-state index is 0.0446. The number of esters is 2. The predicted molar refractivity (Wildman–Crippen MR) is 188 cm³/mol. The Labute approximate surface area is 280 Å². The lowest BCUT2D eigenvalue weighted by atomic mass is 10.1. The van der Waals surface area contributed by atoms with E-state index < -0.39 is 18.1 Å². The molecule has 0 rings (SSSR count). The molecule has 0 aromatic rings. The van der Waals surface area contributed by atoms with Crippen molar-refractivity contribution in [1.82, 2.24) is 0 Å². The quantitative estimate of drug-likeness (QED) is 0.0361. The molecular formula is C38H66NO7+. The second-order valence-corrected chi connectivity index (χ2v) is 12.8. The molecule has 2 atom stereocenters. The van der Waals surface area contributed by atoms with Crippen molar-refractivity contribution in [1.29, 1.82) is 0 Å². The van der Waals surface area contributed by atoms with Crippen molar-refractivity contribution in [2.24, 2.45) is 0 Å². The van der Waals surface area contributed by atoms with Crippen LogP contribution in [0.25, 0.3) is 0 Å². The maximum absolute atomic E-state index is 12.6. The van der Waals surface area contributed by atoms with Crippen LogP contribution in [-0.2, 0) is 28.6 Å². The number of ether oxygens (including phenoxy) is 3. The SMILES string of the molecule is CC/C=C/C=C/C=C/C=C/CCCCCC(=O)OC(COCCC(C(=O)O)[N+](C)(C)C)COC(=O)CCCCCCCCCCC. The first-order valence-electron chi connectivity index (χ1n) is 17.7. The third-order valence-electron chi connectivity index (χ3n) is 7.59. The van der Waals surface area contributed by atoms with Crippen LogP contribution in [0.5, 0.6) is 0 Å². The molecule has 0 saturated heterocycles. The van der Waals surface area contributed by atoms with Crippen LogP contribution in [0.1, 0.15) is 123 Å². The fourth-order valence-electron chi connectivity index (χ4n) is 4.81. The van der Waals surface area contributed by atoms with Crippen molar-refractivity contribution in [3.8, 4) is 0 Å². The molecular weight excluding hydrogens is 582 g/mol. The standard InChI is InChI=1S/C38H65NO7/c1-6-8-10-12-14-16-17-18-19-21-23-25-27-29-37(41)46-34(32-44-31-30-35(38(42)43)39(3,4)5)33-45-36(40)28-26-24-22-20-15-13-11-9-7-2/h8,10,12,14,16-19,34-35H,6-7,9,11,13,15,20-33H2,1-5H3/p+1/b10-8+,14-12+,17-16+,19-18+. The number of carbonyl (C=O) groups is 3. The number of rotatable bonds is 30. The zero-order valence-corrected chi connectivity index (χ0v) is 29.8. The molecule has 264 valence electrons. The Morgan fingerprint density at radius 3 is 1.80 bits per heavy atom. The van der Waals surface area contributed by atoms with E-state index in [9.17, 15) is 19.5 Å². The lowest BCUT2D eigenvalue weighted by Gasteiger charge is -2.31. The maximum Gasteiger partial charge on any atom is 0.362 e. The number of unbranched alkanes of at least 4 members (excludes halogenated alkanes) is 11. The normalized spacial score (nSPS) is 13.7. The van der Waals surface area contributed by atoms with Gasteiger partial charge in [-0.25, -0.2) is 4.79 Å². The number of nitrogens with zero attached hydrogens (tertiary/aromatic N) is 1. The molecule has 2 unspecified atom stereocenters. The van der Waals surface area contributed by atoms with E-state index in [2.05, 4.69) is 26.0 Å². The van der Waals surface area contributed by atoms with Crippen molar-refractivity contribution < 1.29 is 38.2 Å². The summed E-state index contributed by atoms with van der Waals surface area (Å²) in [7, 11) is 5.49. The summed E-state index contributed by atoms with van der Waals surface area (Å²) in [5, 5.41) is 9.55. The van der Waals surface area contributed by atoms with Crippen molar-refractivity contribution in [3.63, 3.8) is 0 Å². The highest BCUT2D eigenvalue weighted by Gasteiger charge is 2.31. The van der Waals surface area contributed by atoms with Crippen molar-refractivity contribution >= 4 is 17.9 Å². The average Bonchev–Trinajstić information content (AvgIpc) is 3.00. The summed E-state index contributed by atoms with van der Waals surface area (Å²) in [5.74, 6) is -1.53. The van der Waals surface area contributed by atoms with Gasteiger partial charge in [0, 0.05) is 19.3 Å². The van der Waals surface area contributed by atoms with E-state index >= 15 is 0 Å². The summed E-state index contributed by atoms with van der Waals surface area (Å²) in [6.07, 6.45) is 31.6. The Bertz CT molecular complexity index is 901. The van der Waals surface area contributed by atoms with Crippen LogP contribution in [0.2, 0.25) is 0 Å². The number of hydrogen-bond donors (Lipinski definition) is 1. The highest BCUT2D eigenvalue weighted by molar-refractivity contribution is 5.72. The van der Waals surface area contributed by atoms with Crippen LogP contribution < -0.4 is 0 Å². The van der Waals surface area contributed by atoms with Crippen LogP contribution in [0.15, 0.2) is 48.6 Å². The number of likely N-dealkylation sites (N-methyl/N-ethyl adjacent to an activating group) is 1. The second-order valence-electron chi connectivity index (χ2n) is 12.8. The van der Waals surface area contributed by atoms with E-state index in [1.807, 2.05) is 57.6 Å². The summed E-state index contributed by atoms with van der Waals surface area (Å²) in [4.78, 5) is 36.6. The molecule has 8 heteroatoms. The minimum Gasteiger partial charge on any atom is -0.477 e. The van der Waals surface area contributed by atoms with Crippen LogP contribution >= 0.6 is 0 Å². The number of hydrogen-bond acceptors (Lipinski definition) is 6. The third-order valence-corrected chi connectivity index (χ3v) is 7.59. The van der Waals surface area contributed by atoms with E-state index in [0.717, 1.165) is 44.9 Å². The van der Waals surface area contributed by atoms with Gasteiger partial charge in [0.15, 0.2) is 12.1 Å². The Hall–Kier alpha value is -2.71. The van der Waals surface area contributed by atoms with Gasteiger partial charge in [0.2, 0.25) is 0 Å². The third kappa shape index (κ3) is 27.6. The molecule has 0 aliphatic heterocycles. The fourth-order valence-corrected chi connectivity index (χ4v) is 4.81. The minimum atomic E-state index is -0.885. The van der Waals surface area contributed by atoms with Gasteiger partial charge in [0.1, 0.15) is 6.61 Å². The molecule has 0 aromatic carbocycles. The summed E-state index contributed by atoms with van der Waals surface area (Å²) in [5.41, 5.74) is 0. The largest absolute Gasteiger partial charge is 0.477 e. The van der Waals surface area contributed by atoms with Crippen molar-refractivity contribution in [2.75, 3.05) is 41.0 Å². The first-order chi connectivity index (χ1) is 22.1. The van der Waals surface area contributed by atoms with Gasteiger partial charge in [0.25, 0.3) is 0 Å². The molecule has 8 nitrogen and oxygen atoms in total. The summed E-state index contributed by atoms with van der Waals surface area (Å²) < 4.78 is 17.1. The van der Waals surface area contributed by atoms with Crippen molar-refractivity contribution in [3.05, 3.63) is 48.6 Å².